The first-order valence-electron chi connectivity index (χ1n) is 10.6. The minimum atomic E-state index is -0.663. The third-order valence-electron chi connectivity index (χ3n) is 5.22. The highest BCUT2D eigenvalue weighted by Gasteiger charge is 2.36. The Morgan fingerprint density at radius 2 is 1.79 bits per heavy atom. The van der Waals surface area contributed by atoms with Crippen molar-refractivity contribution in [3.05, 3.63) is 74.9 Å². The molecule has 7 nitrogen and oxygen atoms in total. The Balaban J connectivity index is 1.85. The van der Waals surface area contributed by atoms with Crippen LogP contribution in [0.15, 0.2) is 53.7 Å². The van der Waals surface area contributed by atoms with E-state index >= 15 is 0 Å². The maximum Gasteiger partial charge on any atom is 0.338 e. The first kappa shape index (κ1) is 24.6. The van der Waals surface area contributed by atoms with Gasteiger partial charge in [-0.3, -0.25) is 9.69 Å². The van der Waals surface area contributed by atoms with Crippen molar-refractivity contribution in [3.63, 3.8) is 0 Å². The zero-order chi connectivity index (χ0) is 24.1. The van der Waals surface area contributed by atoms with Gasteiger partial charge in [0.15, 0.2) is 0 Å². The second kappa shape index (κ2) is 10.7. The van der Waals surface area contributed by atoms with E-state index in [2.05, 4.69) is 10.6 Å². The van der Waals surface area contributed by atoms with Crippen molar-refractivity contribution in [2.24, 2.45) is 0 Å². The topological polar surface area (TPSA) is 87.7 Å². The molecule has 0 aliphatic carbocycles. The fourth-order valence-electron chi connectivity index (χ4n) is 3.60. The molecule has 174 valence electrons. The largest absolute Gasteiger partial charge is 0.463 e. The predicted molar refractivity (Wildman–Crippen MR) is 128 cm³/mol. The third-order valence-corrected chi connectivity index (χ3v) is 5.96. The molecule has 1 aliphatic rings. The third kappa shape index (κ3) is 5.49. The van der Waals surface area contributed by atoms with Crippen molar-refractivity contribution in [2.75, 3.05) is 18.5 Å². The lowest BCUT2D eigenvalue weighted by atomic mass is 9.94. The quantitative estimate of drug-likeness (QED) is 0.498. The van der Waals surface area contributed by atoms with E-state index in [1.807, 2.05) is 6.92 Å². The van der Waals surface area contributed by atoms with Gasteiger partial charge in [0.1, 0.15) is 0 Å². The van der Waals surface area contributed by atoms with Crippen molar-refractivity contribution in [1.82, 2.24) is 10.2 Å². The van der Waals surface area contributed by atoms with Gasteiger partial charge >= 0.3 is 12.0 Å². The lowest BCUT2D eigenvalue weighted by Crippen LogP contribution is -2.48. The maximum atomic E-state index is 12.7. The highest BCUT2D eigenvalue weighted by atomic mass is 35.5. The second-order valence-electron chi connectivity index (χ2n) is 7.46. The molecular formula is C24H25Cl2N3O4. The van der Waals surface area contributed by atoms with Crippen LogP contribution in [0.1, 0.15) is 49.2 Å². The van der Waals surface area contributed by atoms with E-state index in [9.17, 15) is 14.4 Å². The van der Waals surface area contributed by atoms with Crippen molar-refractivity contribution in [3.8, 4) is 0 Å². The Hall–Kier alpha value is -3.03. The standard InChI is InChI=1S/C24H25Cl2N3O4/c1-4-12-29-14(3)20(23(31)33-5-2)21(28-24(29)32)15-6-9-17(10-7-15)27-22(30)16-8-11-18(25)19(26)13-16/h6-11,13,21H,4-5,12H2,1-3H3,(H,27,30)(H,28,32)/t21-/m1/s1. The monoisotopic (exact) mass is 489 g/mol. The molecule has 0 unspecified atom stereocenters. The Bertz CT molecular complexity index is 1100. The van der Waals surface area contributed by atoms with Gasteiger partial charge in [-0.2, -0.15) is 0 Å². The molecular weight excluding hydrogens is 465 g/mol. The van der Waals surface area contributed by atoms with Gasteiger partial charge in [-0.05, 0) is 56.2 Å². The Morgan fingerprint density at radius 1 is 1.09 bits per heavy atom. The van der Waals surface area contributed by atoms with Gasteiger partial charge < -0.3 is 15.4 Å². The summed E-state index contributed by atoms with van der Waals surface area (Å²) in [5, 5.41) is 6.35. The van der Waals surface area contributed by atoms with E-state index < -0.39 is 12.0 Å². The fraction of sp³-hybridized carbons (Fsp3) is 0.292. The molecule has 0 aromatic heterocycles. The number of urea groups is 1. The molecule has 1 aliphatic heterocycles. The Morgan fingerprint density at radius 3 is 2.39 bits per heavy atom. The summed E-state index contributed by atoms with van der Waals surface area (Å²) >= 11 is 11.9. The molecule has 1 atom stereocenters. The molecule has 0 saturated carbocycles. The maximum absolute atomic E-state index is 12.7. The molecule has 2 aromatic rings. The molecule has 0 fully saturated rings. The molecule has 3 amide bonds. The summed E-state index contributed by atoms with van der Waals surface area (Å²) in [6.07, 6.45) is 0.749. The van der Waals surface area contributed by atoms with E-state index in [1.54, 1.807) is 55.1 Å². The van der Waals surface area contributed by atoms with Crippen molar-refractivity contribution in [2.45, 2.75) is 33.2 Å². The number of nitrogens with one attached hydrogen (secondary N) is 2. The summed E-state index contributed by atoms with van der Waals surface area (Å²) in [6.45, 7) is 6.16. The number of halogens is 2. The number of anilines is 1. The zero-order valence-corrected chi connectivity index (χ0v) is 20.1. The molecule has 9 heteroatoms. The van der Waals surface area contributed by atoms with Crippen molar-refractivity contribution in [1.29, 1.82) is 0 Å². The van der Waals surface area contributed by atoms with Gasteiger partial charge in [0.25, 0.3) is 5.91 Å². The highest BCUT2D eigenvalue weighted by molar-refractivity contribution is 6.42. The van der Waals surface area contributed by atoms with E-state index in [0.29, 0.717) is 44.7 Å². The van der Waals surface area contributed by atoms with Crippen LogP contribution in [0.5, 0.6) is 0 Å². The molecule has 33 heavy (non-hydrogen) atoms. The normalized spacial score (nSPS) is 15.8. The van der Waals surface area contributed by atoms with Gasteiger partial charge in [0.05, 0.1) is 28.3 Å². The average Bonchev–Trinajstić information content (AvgIpc) is 2.78. The van der Waals surface area contributed by atoms with Gasteiger partial charge in [0.2, 0.25) is 0 Å². The van der Waals surface area contributed by atoms with Crippen LogP contribution >= 0.6 is 23.2 Å². The van der Waals surface area contributed by atoms with Crippen LogP contribution in [-0.4, -0.2) is 36.0 Å². The summed E-state index contributed by atoms with van der Waals surface area (Å²) in [7, 11) is 0. The summed E-state index contributed by atoms with van der Waals surface area (Å²) in [5.41, 5.74) is 2.56. The van der Waals surface area contributed by atoms with Crippen LogP contribution in [0.2, 0.25) is 10.0 Å². The number of benzene rings is 2. The number of amides is 3. The molecule has 1 heterocycles. The van der Waals surface area contributed by atoms with Crippen LogP contribution in [0.25, 0.3) is 0 Å². The van der Waals surface area contributed by atoms with E-state index in [-0.39, 0.29) is 18.5 Å². The smallest absolute Gasteiger partial charge is 0.338 e. The molecule has 2 aromatic carbocycles. The number of hydrogen-bond acceptors (Lipinski definition) is 4. The van der Waals surface area contributed by atoms with Crippen LogP contribution in [0.3, 0.4) is 0 Å². The average molecular weight is 490 g/mol. The van der Waals surface area contributed by atoms with Gasteiger partial charge in [-0.25, -0.2) is 9.59 Å². The number of rotatable bonds is 7. The lowest BCUT2D eigenvalue weighted by molar-refractivity contribution is -0.139. The number of allylic oxidation sites excluding steroid dienone is 1. The number of carbonyl (C=O) groups is 3. The minimum absolute atomic E-state index is 0.226. The molecule has 3 rings (SSSR count). The summed E-state index contributed by atoms with van der Waals surface area (Å²) in [5.74, 6) is -0.816. The Kier molecular flexibility index (Phi) is 8.00. The van der Waals surface area contributed by atoms with Gasteiger partial charge in [-0.15, -0.1) is 0 Å². The number of esters is 1. The summed E-state index contributed by atoms with van der Waals surface area (Å²) < 4.78 is 5.26. The van der Waals surface area contributed by atoms with Crippen LogP contribution in [0, 0.1) is 0 Å². The first-order chi connectivity index (χ1) is 15.8. The number of carbonyl (C=O) groups excluding carboxylic acids is 3. The van der Waals surface area contributed by atoms with Crippen molar-refractivity contribution < 1.29 is 19.1 Å². The SMILES string of the molecule is CCCN1C(=O)N[C@H](c2ccc(NC(=O)c3ccc(Cl)c(Cl)c3)cc2)C(C(=O)OCC)=C1C. The van der Waals surface area contributed by atoms with Gasteiger partial charge in [0, 0.05) is 23.5 Å². The predicted octanol–water partition coefficient (Wildman–Crippen LogP) is 5.56. The van der Waals surface area contributed by atoms with Crippen molar-refractivity contribution >= 4 is 46.8 Å². The number of ether oxygens (including phenoxy) is 1. The lowest BCUT2D eigenvalue weighted by Gasteiger charge is -2.35. The molecule has 0 saturated heterocycles. The molecule has 0 bridgehead atoms. The summed E-state index contributed by atoms with van der Waals surface area (Å²) in [4.78, 5) is 39.5. The second-order valence-corrected chi connectivity index (χ2v) is 8.27. The number of nitrogens with zero attached hydrogens (tertiary/aromatic N) is 1. The highest BCUT2D eigenvalue weighted by Crippen LogP contribution is 2.32. The van der Waals surface area contributed by atoms with Crippen LogP contribution in [0.4, 0.5) is 10.5 Å². The molecule has 0 radical (unpaired) electrons. The first-order valence-corrected chi connectivity index (χ1v) is 11.3. The minimum Gasteiger partial charge on any atom is -0.463 e. The number of hydrogen-bond donors (Lipinski definition) is 2. The van der Waals surface area contributed by atoms with E-state index in [1.165, 1.54) is 6.07 Å². The zero-order valence-electron chi connectivity index (χ0n) is 18.6. The van der Waals surface area contributed by atoms with Gasteiger partial charge in [-0.1, -0.05) is 42.3 Å². The fourth-order valence-corrected chi connectivity index (χ4v) is 3.90. The molecule has 0 spiro atoms. The van der Waals surface area contributed by atoms with Crippen LogP contribution < -0.4 is 10.6 Å². The van der Waals surface area contributed by atoms with Crippen LogP contribution in [-0.2, 0) is 9.53 Å². The van der Waals surface area contributed by atoms with E-state index in [0.717, 1.165) is 6.42 Å². The molecule has 2 N–H and O–H groups in total. The van der Waals surface area contributed by atoms with E-state index in [4.69, 9.17) is 27.9 Å². The Labute approximate surface area is 202 Å². The summed E-state index contributed by atoms with van der Waals surface area (Å²) in [6, 6.07) is 10.6.